The number of amides is 1. The first kappa shape index (κ1) is 23.7. The van der Waals surface area contributed by atoms with Crippen LogP contribution in [-0.4, -0.2) is 11.0 Å². The molecule has 2 N–H and O–H groups in total. The van der Waals surface area contributed by atoms with E-state index in [1.165, 1.54) is 11.0 Å². The van der Waals surface area contributed by atoms with Crippen LogP contribution in [0.1, 0.15) is 48.8 Å². The van der Waals surface area contributed by atoms with Gasteiger partial charge in [-0.1, -0.05) is 50.0 Å². The molecule has 0 spiro atoms. The van der Waals surface area contributed by atoms with Gasteiger partial charge in [-0.05, 0) is 72.1 Å². The van der Waals surface area contributed by atoms with E-state index in [9.17, 15) is 10.1 Å². The molecule has 0 unspecified atom stereocenters. The Morgan fingerprint density at radius 1 is 1.35 bits per heavy atom. The fourth-order valence-electron chi connectivity index (χ4n) is 3.62. The molecule has 0 saturated heterocycles. The highest BCUT2D eigenvalue weighted by atomic mass is 35.5. The second-order valence-electron chi connectivity index (χ2n) is 8.57. The van der Waals surface area contributed by atoms with Gasteiger partial charge in [0.15, 0.2) is 5.11 Å². The summed E-state index contributed by atoms with van der Waals surface area (Å²) in [6, 6.07) is 7.34. The maximum absolute atomic E-state index is 12.2. The van der Waals surface area contributed by atoms with Gasteiger partial charge in [-0.15, -0.1) is 11.3 Å². The van der Waals surface area contributed by atoms with Gasteiger partial charge >= 0.3 is 0 Å². The molecule has 1 aromatic heterocycles. The number of rotatable bonds is 3. The van der Waals surface area contributed by atoms with Gasteiger partial charge in [0.05, 0.1) is 5.56 Å². The molecule has 0 fully saturated rings. The van der Waals surface area contributed by atoms with E-state index in [0.29, 0.717) is 32.1 Å². The van der Waals surface area contributed by atoms with Crippen molar-refractivity contribution < 1.29 is 4.79 Å². The third-order valence-electron chi connectivity index (χ3n) is 5.44. The van der Waals surface area contributed by atoms with Gasteiger partial charge in [-0.25, -0.2) is 0 Å². The predicted molar refractivity (Wildman–Crippen MR) is 134 cm³/mol. The zero-order valence-corrected chi connectivity index (χ0v) is 20.7. The lowest BCUT2D eigenvalue weighted by Crippen LogP contribution is -2.32. The highest BCUT2D eigenvalue weighted by Gasteiger charge is 2.32. The van der Waals surface area contributed by atoms with Crippen LogP contribution >= 0.6 is 46.8 Å². The van der Waals surface area contributed by atoms with Gasteiger partial charge in [0.25, 0.3) is 0 Å². The Bertz CT molecular complexity index is 1090. The minimum atomic E-state index is -0.392. The summed E-state index contributed by atoms with van der Waals surface area (Å²) < 4.78 is 0. The molecule has 31 heavy (non-hydrogen) atoms. The SMILES string of the molecule is CC(C)(C)[C@@H]1CCc2c(sc(NC(=S)NC(=O)/C=C/c3ccc(Cl)cc3Cl)c2C#N)C1. The zero-order chi connectivity index (χ0) is 22.8. The monoisotopic (exact) mass is 491 g/mol. The number of nitriles is 1. The molecule has 1 atom stereocenters. The van der Waals surface area contributed by atoms with Crippen molar-refractivity contribution in [2.24, 2.45) is 11.3 Å². The number of nitrogens with zero attached hydrogens (tertiary/aromatic N) is 1. The fraction of sp³-hybridized carbons (Fsp3) is 0.348. The molecule has 3 rings (SSSR count). The molecular formula is C23H23Cl2N3OS2. The van der Waals surface area contributed by atoms with Crippen molar-refractivity contribution in [3.63, 3.8) is 0 Å². The molecule has 0 aliphatic heterocycles. The van der Waals surface area contributed by atoms with Crippen molar-refractivity contribution in [3.05, 3.63) is 55.9 Å². The van der Waals surface area contributed by atoms with E-state index in [1.54, 1.807) is 35.6 Å². The molecule has 0 saturated carbocycles. The third kappa shape index (κ3) is 5.87. The van der Waals surface area contributed by atoms with Gasteiger partial charge < -0.3 is 5.32 Å². The lowest BCUT2D eigenvalue weighted by atomic mass is 9.72. The highest BCUT2D eigenvalue weighted by Crippen LogP contribution is 2.43. The predicted octanol–water partition coefficient (Wildman–Crippen LogP) is 6.60. The second-order valence-corrected chi connectivity index (χ2v) is 10.9. The second kappa shape index (κ2) is 9.70. The van der Waals surface area contributed by atoms with Crippen LogP contribution in [0, 0.1) is 22.7 Å². The molecule has 1 aliphatic rings. The van der Waals surface area contributed by atoms with Crippen LogP contribution < -0.4 is 10.6 Å². The Kier molecular flexibility index (Phi) is 7.43. The minimum Gasteiger partial charge on any atom is -0.323 e. The molecule has 0 radical (unpaired) electrons. The van der Waals surface area contributed by atoms with Gasteiger partial charge in [0, 0.05) is 21.0 Å². The number of fused-ring (bicyclic) bond motifs is 1. The van der Waals surface area contributed by atoms with Crippen LogP contribution in [0.4, 0.5) is 5.00 Å². The number of anilines is 1. The van der Waals surface area contributed by atoms with E-state index in [-0.39, 0.29) is 10.5 Å². The van der Waals surface area contributed by atoms with Crippen molar-refractivity contribution in [1.82, 2.24) is 5.32 Å². The normalized spacial score (nSPS) is 15.9. The highest BCUT2D eigenvalue weighted by molar-refractivity contribution is 7.80. The molecule has 8 heteroatoms. The van der Waals surface area contributed by atoms with Gasteiger partial charge in [0.2, 0.25) is 5.91 Å². The fourth-order valence-corrected chi connectivity index (χ4v) is 5.64. The molecule has 4 nitrogen and oxygen atoms in total. The van der Waals surface area contributed by atoms with Crippen molar-refractivity contribution >= 4 is 68.9 Å². The van der Waals surface area contributed by atoms with E-state index in [4.69, 9.17) is 35.4 Å². The summed E-state index contributed by atoms with van der Waals surface area (Å²) in [5.41, 5.74) is 2.64. The maximum atomic E-state index is 12.2. The third-order valence-corrected chi connectivity index (χ3v) is 7.38. The van der Waals surface area contributed by atoms with Gasteiger partial charge in [-0.3, -0.25) is 10.1 Å². The molecular weight excluding hydrogens is 469 g/mol. The Labute approximate surface area is 202 Å². The Morgan fingerprint density at radius 2 is 2.10 bits per heavy atom. The van der Waals surface area contributed by atoms with Crippen molar-refractivity contribution in [3.8, 4) is 6.07 Å². The van der Waals surface area contributed by atoms with E-state index in [1.807, 2.05) is 0 Å². The maximum Gasteiger partial charge on any atom is 0.250 e. The standard InChI is InChI=1S/C23H23Cl2N3OS2/c1-23(2,3)14-6-8-16-17(12-26)21(31-19(16)10-14)28-22(30)27-20(29)9-5-13-4-7-15(24)11-18(13)25/h4-5,7,9,11,14H,6,8,10H2,1-3H3,(H2,27,28,29,30)/b9-5+/t14-/m1/s1. The zero-order valence-electron chi connectivity index (χ0n) is 17.5. The van der Waals surface area contributed by atoms with Crippen molar-refractivity contribution in [2.75, 3.05) is 5.32 Å². The van der Waals surface area contributed by atoms with Gasteiger partial charge in [-0.2, -0.15) is 5.26 Å². The lowest BCUT2D eigenvalue weighted by Gasteiger charge is -2.33. The molecule has 162 valence electrons. The van der Waals surface area contributed by atoms with Crippen LogP contribution in [0.3, 0.4) is 0 Å². The molecule has 1 amide bonds. The molecule has 1 aliphatic carbocycles. The van der Waals surface area contributed by atoms with Crippen LogP contribution in [0.15, 0.2) is 24.3 Å². The number of hydrogen-bond donors (Lipinski definition) is 2. The average molecular weight is 492 g/mol. The van der Waals surface area contributed by atoms with E-state index >= 15 is 0 Å². The minimum absolute atomic E-state index is 0.152. The van der Waals surface area contributed by atoms with E-state index in [2.05, 4.69) is 37.5 Å². The molecule has 2 aromatic rings. The van der Waals surface area contributed by atoms with E-state index in [0.717, 1.165) is 24.8 Å². The summed E-state index contributed by atoms with van der Waals surface area (Å²) in [4.78, 5) is 13.5. The average Bonchev–Trinajstić information content (AvgIpc) is 3.02. The number of thiocarbonyl (C=S) groups is 1. The number of benzene rings is 1. The van der Waals surface area contributed by atoms with Crippen LogP contribution in [-0.2, 0) is 17.6 Å². The number of thiophene rings is 1. The summed E-state index contributed by atoms with van der Waals surface area (Å²) in [6.45, 7) is 6.78. The summed E-state index contributed by atoms with van der Waals surface area (Å²) in [7, 11) is 0. The first-order valence-corrected chi connectivity index (χ1v) is 11.9. The van der Waals surface area contributed by atoms with Gasteiger partial charge in [0.1, 0.15) is 11.1 Å². The smallest absolute Gasteiger partial charge is 0.250 e. The number of halogens is 2. The first-order chi connectivity index (χ1) is 14.6. The number of carbonyl (C=O) groups excluding carboxylic acids is 1. The molecule has 1 aromatic carbocycles. The Hall–Kier alpha value is -1.91. The largest absolute Gasteiger partial charge is 0.323 e. The molecule has 0 bridgehead atoms. The number of nitrogens with one attached hydrogen (secondary N) is 2. The lowest BCUT2D eigenvalue weighted by molar-refractivity contribution is -0.115. The molecule has 1 heterocycles. The summed E-state index contributed by atoms with van der Waals surface area (Å²) in [5, 5.41) is 17.2. The van der Waals surface area contributed by atoms with E-state index < -0.39 is 5.91 Å². The first-order valence-electron chi connectivity index (χ1n) is 9.88. The van der Waals surface area contributed by atoms with Crippen molar-refractivity contribution in [1.29, 1.82) is 5.26 Å². The van der Waals surface area contributed by atoms with Crippen LogP contribution in [0.2, 0.25) is 10.0 Å². The van der Waals surface area contributed by atoms with Crippen LogP contribution in [0.25, 0.3) is 6.08 Å². The summed E-state index contributed by atoms with van der Waals surface area (Å²) >= 11 is 18.8. The van der Waals surface area contributed by atoms with Crippen LogP contribution in [0.5, 0.6) is 0 Å². The quantitative estimate of drug-likeness (QED) is 0.374. The summed E-state index contributed by atoms with van der Waals surface area (Å²) in [6.07, 6.45) is 5.86. The number of hydrogen-bond acceptors (Lipinski definition) is 4. The number of carbonyl (C=O) groups is 1. The topological polar surface area (TPSA) is 64.9 Å². The Morgan fingerprint density at radius 3 is 2.74 bits per heavy atom. The summed E-state index contributed by atoms with van der Waals surface area (Å²) in [5.74, 6) is 0.186. The Balaban J connectivity index is 1.67. The van der Waals surface area contributed by atoms with Crippen molar-refractivity contribution in [2.45, 2.75) is 40.0 Å².